The molecule has 0 saturated heterocycles. The van der Waals surface area contributed by atoms with Crippen LogP contribution in [0.5, 0.6) is 5.88 Å². The number of aryl methyl sites for hydroxylation is 1. The Morgan fingerprint density at radius 2 is 2.17 bits per heavy atom. The molecule has 1 N–H and O–H groups in total. The van der Waals surface area contributed by atoms with Crippen molar-refractivity contribution in [2.45, 2.75) is 25.7 Å². The van der Waals surface area contributed by atoms with Gasteiger partial charge in [-0.15, -0.1) is 0 Å². The molecule has 5 nitrogen and oxygen atoms in total. The number of aromatic hydroxyl groups is 1. The van der Waals surface area contributed by atoms with Crippen LogP contribution in [0, 0.1) is 18.3 Å². The number of hydrogen-bond acceptors (Lipinski definition) is 5. The lowest BCUT2D eigenvalue weighted by molar-refractivity contribution is 0.446. The third-order valence-electron chi connectivity index (χ3n) is 2.94. The summed E-state index contributed by atoms with van der Waals surface area (Å²) in [5.74, 6) is 1.86. The number of furan rings is 1. The molecule has 1 aliphatic rings. The highest BCUT2D eigenvalue weighted by Crippen LogP contribution is 2.40. The fourth-order valence-corrected chi connectivity index (χ4v) is 1.83. The second-order valence-corrected chi connectivity index (χ2v) is 4.43. The van der Waals surface area contributed by atoms with Crippen LogP contribution in [0.3, 0.4) is 0 Å². The Kier molecular flexibility index (Phi) is 2.30. The maximum absolute atomic E-state index is 9.80. The predicted molar refractivity (Wildman–Crippen MR) is 62.8 cm³/mol. The average molecular weight is 241 g/mol. The fourth-order valence-electron chi connectivity index (χ4n) is 1.83. The van der Waals surface area contributed by atoms with Crippen LogP contribution in [0.25, 0.3) is 11.5 Å². The molecule has 0 atom stereocenters. The monoisotopic (exact) mass is 241 g/mol. The standard InChI is InChI=1S/C13H11N3O2/c1-7-2-5-10(18-7)11-9(6-14)13(17)16-12(15-11)8-3-4-8/h2,5,8H,3-4H2,1H3,(H,15,16,17). The molecule has 0 amide bonds. The van der Waals surface area contributed by atoms with Gasteiger partial charge in [-0.05, 0) is 31.9 Å². The number of hydrogen-bond donors (Lipinski definition) is 1. The van der Waals surface area contributed by atoms with Gasteiger partial charge in [-0.2, -0.15) is 10.2 Å². The van der Waals surface area contributed by atoms with Crippen LogP contribution in [-0.4, -0.2) is 15.1 Å². The molecule has 0 bridgehead atoms. The Balaban J connectivity index is 2.19. The van der Waals surface area contributed by atoms with E-state index in [1.807, 2.05) is 13.0 Å². The zero-order valence-corrected chi connectivity index (χ0v) is 9.84. The van der Waals surface area contributed by atoms with E-state index in [2.05, 4.69) is 9.97 Å². The largest absolute Gasteiger partial charge is 0.492 e. The highest BCUT2D eigenvalue weighted by atomic mass is 16.3. The van der Waals surface area contributed by atoms with Gasteiger partial charge in [-0.25, -0.2) is 4.98 Å². The Morgan fingerprint density at radius 3 is 2.72 bits per heavy atom. The van der Waals surface area contributed by atoms with E-state index in [1.54, 1.807) is 12.1 Å². The van der Waals surface area contributed by atoms with Crippen LogP contribution >= 0.6 is 0 Å². The van der Waals surface area contributed by atoms with Crippen molar-refractivity contribution >= 4 is 0 Å². The Labute approximate surface area is 104 Å². The molecule has 1 saturated carbocycles. The van der Waals surface area contributed by atoms with Crippen LogP contribution in [0.2, 0.25) is 0 Å². The summed E-state index contributed by atoms with van der Waals surface area (Å²) in [4.78, 5) is 8.34. The fraction of sp³-hybridized carbons (Fsp3) is 0.308. The van der Waals surface area contributed by atoms with Crippen molar-refractivity contribution in [3.05, 3.63) is 29.3 Å². The second kappa shape index (κ2) is 3.84. The lowest BCUT2D eigenvalue weighted by atomic mass is 10.2. The minimum atomic E-state index is -0.265. The molecule has 3 rings (SSSR count). The van der Waals surface area contributed by atoms with Crippen LogP contribution in [0.15, 0.2) is 16.5 Å². The molecule has 0 radical (unpaired) electrons. The Bertz CT molecular complexity index is 651. The van der Waals surface area contributed by atoms with E-state index < -0.39 is 0 Å². The molecule has 5 heteroatoms. The van der Waals surface area contributed by atoms with Crippen molar-refractivity contribution in [1.82, 2.24) is 9.97 Å². The second-order valence-electron chi connectivity index (χ2n) is 4.43. The van der Waals surface area contributed by atoms with Gasteiger partial charge >= 0.3 is 0 Å². The van der Waals surface area contributed by atoms with Gasteiger partial charge in [0.2, 0.25) is 5.88 Å². The van der Waals surface area contributed by atoms with Crippen LogP contribution in [-0.2, 0) is 0 Å². The van der Waals surface area contributed by atoms with Crippen molar-refractivity contribution in [1.29, 1.82) is 5.26 Å². The molecule has 2 aromatic rings. The van der Waals surface area contributed by atoms with Gasteiger partial charge in [0.25, 0.3) is 0 Å². The molecule has 2 heterocycles. The van der Waals surface area contributed by atoms with Gasteiger partial charge in [0.1, 0.15) is 28.9 Å². The van der Waals surface area contributed by atoms with Gasteiger partial charge in [-0.3, -0.25) is 0 Å². The average Bonchev–Trinajstić information content (AvgIpc) is 3.11. The van der Waals surface area contributed by atoms with Gasteiger partial charge < -0.3 is 9.52 Å². The van der Waals surface area contributed by atoms with E-state index in [-0.39, 0.29) is 11.4 Å². The minimum absolute atomic E-state index is 0.0637. The third kappa shape index (κ3) is 1.72. The zero-order valence-electron chi connectivity index (χ0n) is 9.84. The first-order valence-corrected chi connectivity index (χ1v) is 5.77. The van der Waals surface area contributed by atoms with E-state index in [0.717, 1.165) is 18.6 Å². The Morgan fingerprint density at radius 1 is 1.39 bits per heavy atom. The number of aromatic nitrogens is 2. The first kappa shape index (κ1) is 10.8. The SMILES string of the molecule is Cc1ccc(-c2nc(C3CC3)nc(O)c2C#N)o1. The maximum atomic E-state index is 9.80. The van der Waals surface area contributed by atoms with E-state index in [9.17, 15) is 5.11 Å². The van der Waals surface area contributed by atoms with Crippen LogP contribution < -0.4 is 0 Å². The van der Waals surface area contributed by atoms with Crippen LogP contribution in [0.1, 0.15) is 35.9 Å². The summed E-state index contributed by atoms with van der Waals surface area (Å²) in [5, 5.41) is 18.9. The molecular weight excluding hydrogens is 230 g/mol. The van der Waals surface area contributed by atoms with Gasteiger partial charge in [0, 0.05) is 5.92 Å². The molecule has 90 valence electrons. The molecule has 0 aliphatic heterocycles. The van der Waals surface area contributed by atoms with Crippen LogP contribution in [0.4, 0.5) is 0 Å². The predicted octanol–water partition coefficient (Wildman–Crippen LogP) is 2.50. The normalized spacial score (nSPS) is 14.4. The van der Waals surface area contributed by atoms with Gasteiger partial charge in [0.05, 0.1) is 0 Å². The van der Waals surface area contributed by atoms with Crippen molar-refractivity contribution in [2.24, 2.45) is 0 Å². The molecular formula is C13H11N3O2. The smallest absolute Gasteiger partial charge is 0.233 e. The maximum Gasteiger partial charge on any atom is 0.233 e. The summed E-state index contributed by atoms with van der Waals surface area (Å²) in [6.07, 6.45) is 2.06. The lowest BCUT2D eigenvalue weighted by Crippen LogP contribution is -1.98. The topological polar surface area (TPSA) is 82.9 Å². The first-order chi connectivity index (χ1) is 8.69. The summed E-state index contributed by atoms with van der Waals surface area (Å²) >= 11 is 0. The lowest BCUT2D eigenvalue weighted by Gasteiger charge is -2.05. The summed E-state index contributed by atoms with van der Waals surface area (Å²) < 4.78 is 5.47. The molecule has 0 spiro atoms. The Hall–Kier alpha value is -2.35. The van der Waals surface area contributed by atoms with E-state index in [1.165, 1.54) is 0 Å². The highest BCUT2D eigenvalue weighted by Gasteiger charge is 2.29. The highest BCUT2D eigenvalue weighted by molar-refractivity contribution is 5.64. The van der Waals surface area contributed by atoms with E-state index in [4.69, 9.17) is 9.68 Å². The molecule has 0 unspecified atom stereocenters. The van der Waals surface area contributed by atoms with Crippen molar-refractivity contribution in [2.75, 3.05) is 0 Å². The number of nitrogens with zero attached hydrogens (tertiary/aromatic N) is 3. The summed E-state index contributed by atoms with van der Waals surface area (Å²) in [6, 6.07) is 5.47. The van der Waals surface area contributed by atoms with Crippen molar-refractivity contribution < 1.29 is 9.52 Å². The third-order valence-corrected chi connectivity index (χ3v) is 2.94. The quantitative estimate of drug-likeness (QED) is 0.873. The van der Waals surface area contributed by atoms with Gasteiger partial charge in [0.15, 0.2) is 5.76 Å². The molecule has 1 fully saturated rings. The zero-order chi connectivity index (χ0) is 12.7. The van der Waals surface area contributed by atoms with Gasteiger partial charge in [-0.1, -0.05) is 0 Å². The van der Waals surface area contributed by atoms with E-state index >= 15 is 0 Å². The van der Waals surface area contributed by atoms with Crippen molar-refractivity contribution in [3.8, 4) is 23.4 Å². The summed E-state index contributed by atoms with van der Waals surface area (Å²) in [7, 11) is 0. The first-order valence-electron chi connectivity index (χ1n) is 5.77. The number of rotatable bonds is 2. The number of nitriles is 1. The molecule has 0 aromatic carbocycles. The summed E-state index contributed by atoms with van der Waals surface area (Å²) in [6.45, 7) is 1.82. The van der Waals surface area contributed by atoms with Crippen molar-refractivity contribution in [3.63, 3.8) is 0 Å². The van der Waals surface area contributed by atoms with E-state index in [0.29, 0.717) is 23.2 Å². The molecule has 18 heavy (non-hydrogen) atoms. The molecule has 1 aliphatic carbocycles. The molecule has 2 aromatic heterocycles. The minimum Gasteiger partial charge on any atom is -0.492 e. The summed E-state index contributed by atoms with van der Waals surface area (Å²) in [5.41, 5.74) is 0.439.